The number of rotatable bonds is 1. The molecule has 0 aliphatic heterocycles. The van der Waals surface area contributed by atoms with Crippen LogP contribution in [0.1, 0.15) is 29.7 Å². The van der Waals surface area contributed by atoms with Crippen LogP contribution in [0.5, 0.6) is 0 Å². The first-order chi connectivity index (χ1) is 8.83. The van der Waals surface area contributed by atoms with Crippen LogP contribution < -0.4 is 0 Å². The molecule has 2 heteroatoms. The van der Waals surface area contributed by atoms with Gasteiger partial charge in [-0.05, 0) is 60.2 Å². The number of benzene rings is 1. The fraction of sp³-hybridized carbons (Fsp3) is 0.188. The van der Waals surface area contributed by atoms with E-state index in [9.17, 15) is 4.39 Å². The lowest BCUT2D eigenvalue weighted by Gasteiger charge is -2.17. The summed E-state index contributed by atoms with van der Waals surface area (Å²) in [5, 5.41) is 0. The fourth-order valence-electron chi connectivity index (χ4n) is 2.42. The molecule has 1 aromatic carbocycles. The molecule has 0 amide bonds. The Morgan fingerprint density at radius 1 is 1.06 bits per heavy atom. The van der Waals surface area contributed by atoms with E-state index in [4.69, 9.17) is 0 Å². The zero-order valence-corrected chi connectivity index (χ0v) is 10.1. The molecule has 0 unspecified atom stereocenters. The Kier molecular flexibility index (Phi) is 2.93. The average Bonchev–Trinajstić information content (AvgIpc) is 2.42. The summed E-state index contributed by atoms with van der Waals surface area (Å²) in [7, 11) is 0. The lowest BCUT2D eigenvalue weighted by Crippen LogP contribution is -2.03. The number of halogens is 1. The first-order valence-corrected chi connectivity index (χ1v) is 6.23. The van der Waals surface area contributed by atoms with E-state index in [1.807, 2.05) is 12.3 Å². The Morgan fingerprint density at radius 3 is 2.72 bits per heavy atom. The third kappa shape index (κ3) is 2.19. The van der Waals surface area contributed by atoms with Gasteiger partial charge in [-0.3, -0.25) is 4.98 Å². The molecule has 1 aliphatic carbocycles. The molecule has 18 heavy (non-hydrogen) atoms. The maximum Gasteiger partial charge on any atom is 0.123 e. The number of fused-ring (bicyclic) bond motifs is 1. The van der Waals surface area contributed by atoms with Crippen LogP contribution in [0.2, 0.25) is 0 Å². The molecular formula is C16H14FN. The zero-order valence-electron chi connectivity index (χ0n) is 10.1. The summed E-state index contributed by atoms with van der Waals surface area (Å²) in [6, 6.07) is 10.7. The van der Waals surface area contributed by atoms with E-state index >= 15 is 0 Å². The van der Waals surface area contributed by atoms with Crippen LogP contribution in [0.25, 0.3) is 11.6 Å². The predicted octanol–water partition coefficient (Wildman–Crippen LogP) is 4.10. The number of allylic oxidation sites excluding steroid dienone is 1. The van der Waals surface area contributed by atoms with E-state index in [0.717, 1.165) is 30.5 Å². The van der Waals surface area contributed by atoms with Crippen molar-refractivity contribution in [2.45, 2.75) is 19.3 Å². The first-order valence-electron chi connectivity index (χ1n) is 6.23. The number of aryl methyl sites for hydroxylation is 1. The van der Waals surface area contributed by atoms with Crippen molar-refractivity contribution < 1.29 is 4.39 Å². The monoisotopic (exact) mass is 239 g/mol. The lowest BCUT2D eigenvalue weighted by molar-refractivity contribution is 0.628. The predicted molar refractivity (Wildman–Crippen MR) is 71.4 cm³/mol. The quantitative estimate of drug-likeness (QED) is 0.730. The van der Waals surface area contributed by atoms with Crippen molar-refractivity contribution in [3.63, 3.8) is 0 Å². The summed E-state index contributed by atoms with van der Waals surface area (Å²) in [4.78, 5) is 4.47. The van der Waals surface area contributed by atoms with E-state index in [1.165, 1.54) is 23.3 Å². The van der Waals surface area contributed by atoms with Crippen LogP contribution >= 0.6 is 0 Å². The van der Waals surface area contributed by atoms with E-state index in [0.29, 0.717) is 0 Å². The summed E-state index contributed by atoms with van der Waals surface area (Å²) < 4.78 is 12.9. The number of hydrogen-bond acceptors (Lipinski definition) is 1. The maximum atomic E-state index is 12.9. The molecule has 0 N–H and O–H groups in total. The average molecular weight is 239 g/mol. The van der Waals surface area contributed by atoms with Gasteiger partial charge in [0.15, 0.2) is 0 Å². The maximum absolute atomic E-state index is 12.9. The van der Waals surface area contributed by atoms with Gasteiger partial charge in [0.05, 0.1) is 5.69 Å². The van der Waals surface area contributed by atoms with Gasteiger partial charge in [0.1, 0.15) is 5.82 Å². The van der Waals surface area contributed by atoms with E-state index < -0.39 is 0 Å². The summed E-state index contributed by atoms with van der Waals surface area (Å²) >= 11 is 0. The highest BCUT2D eigenvalue weighted by Crippen LogP contribution is 2.30. The van der Waals surface area contributed by atoms with E-state index in [2.05, 4.69) is 17.1 Å². The van der Waals surface area contributed by atoms with Gasteiger partial charge in [-0.25, -0.2) is 4.39 Å². The molecule has 0 radical (unpaired) electrons. The molecule has 90 valence electrons. The van der Waals surface area contributed by atoms with Crippen LogP contribution in [-0.2, 0) is 6.42 Å². The Labute approximate surface area is 106 Å². The first kappa shape index (κ1) is 11.1. The number of aromatic nitrogens is 1. The number of hydrogen-bond donors (Lipinski definition) is 0. The van der Waals surface area contributed by atoms with Gasteiger partial charge in [-0.2, -0.15) is 0 Å². The molecule has 0 saturated heterocycles. The minimum absolute atomic E-state index is 0.195. The third-order valence-electron chi connectivity index (χ3n) is 3.30. The molecule has 0 atom stereocenters. The number of pyridine rings is 1. The summed E-state index contributed by atoms with van der Waals surface area (Å²) in [5.41, 5.74) is 4.71. The van der Waals surface area contributed by atoms with Crippen molar-refractivity contribution in [3.05, 3.63) is 65.2 Å². The van der Waals surface area contributed by atoms with Gasteiger partial charge in [-0.15, -0.1) is 0 Å². The standard InChI is InChI=1S/C16H14FN/c17-15-8-6-12(7-9-15)11-14-4-1-3-13-5-2-10-18-16(13)14/h2,5-11H,1,3-4H2/b14-11+. The van der Waals surface area contributed by atoms with Gasteiger partial charge < -0.3 is 0 Å². The Morgan fingerprint density at radius 2 is 1.89 bits per heavy atom. The number of nitrogens with zero attached hydrogens (tertiary/aromatic N) is 1. The Hall–Kier alpha value is -1.96. The molecule has 1 aromatic heterocycles. The fourth-order valence-corrected chi connectivity index (χ4v) is 2.42. The molecule has 1 aliphatic rings. The normalized spacial score (nSPS) is 16.6. The second-order valence-electron chi connectivity index (χ2n) is 4.59. The largest absolute Gasteiger partial charge is 0.256 e. The van der Waals surface area contributed by atoms with Gasteiger partial charge in [-0.1, -0.05) is 18.2 Å². The van der Waals surface area contributed by atoms with Crippen LogP contribution in [0.3, 0.4) is 0 Å². The Balaban J connectivity index is 2.00. The van der Waals surface area contributed by atoms with Crippen molar-refractivity contribution in [3.8, 4) is 0 Å². The van der Waals surface area contributed by atoms with Gasteiger partial charge in [0.25, 0.3) is 0 Å². The zero-order chi connectivity index (χ0) is 12.4. The molecule has 0 spiro atoms. The van der Waals surface area contributed by atoms with Gasteiger partial charge in [0, 0.05) is 6.20 Å². The topological polar surface area (TPSA) is 12.9 Å². The minimum Gasteiger partial charge on any atom is -0.256 e. The van der Waals surface area contributed by atoms with Crippen LogP contribution in [-0.4, -0.2) is 4.98 Å². The molecule has 2 aromatic rings. The van der Waals surface area contributed by atoms with E-state index in [-0.39, 0.29) is 5.82 Å². The molecule has 1 nitrogen and oxygen atoms in total. The van der Waals surface area contributed by atoms with E-state index in [1.54, 1.807) is 12.1 Å². The lowest BCUT2D eigenvalue weighted by atomic mass is 9.90. The molecule has 0 bridgehead atoms. The minimum atomic E-state index is -0.195. The van der Waals surface area contributed by atoms with Gasteiger partial charge >= 0.3 is 0 Å². The summed E-state index contributed by atoms with van der Waals surface area (Å²) in [6.45, 7) is 0. The smallest absolute Gasteiger partial charge is 0.123 e. The second-order valence-corrected chi connectivity index (χ2v) is 4.59. The van der Waals surface area contributed by atoms with Crippen molar-refractivity contribution in [1.82, 2.24) is 4.98 Å². The molecule has 0 fully saturated rings. The van der Waals surface area contributed by atoms with Crippen molar-refractivity contribution in [2.24, 2.45) is 0 Å². The Bertz CT molecular complexity index is 584. The highest BCUT2D eigenvalue weighted by atomic mass is 19.1. The van der Waals surface area contributed by atoms with Crippen LogP contribution in [0.4, 0.5) is 4.39 Å². The van der Waals surface area contributed by atoms with Crippen molar-refractivity contribution in [2.75, 3.05) is 0 Å². The molecular weight excluding hydrogens is 225 g/mol. The van der Waals surface area contributed by atoms with Crippen LogP contribution in [0, 0.1) is 5.82 Å². The third-order valence-corrected chi connectivity index (χ3v) is 3.30. The molecule has 1 heterocycles. The second kappa shape index (κ2) is 4.73. The molecule has 0 saturated carbocycles. The van der Waals surface area contributed by atoms with Crippen molar-refractivity contribution >= 4 is 11.6 Å². The van der Waals surface area contributed by atoms with Crippen LogP contribution in [0.15, 0.2) is 42.6 Å². The molecule has 3 rings (SSSR count). The highest BCUT2D eigenvalue weighted by molar-refractivity contribution is 5.81. The SMILES string of the molecule is Fc1ccc(/C=C2\CCCc3cccnc32)cc1. The van der Waals surface area contributed by atoms with Crippen molar-refractivity contribution in [1.29, 1.82) is 0 Å². The highest BCUT2D eigenvalue weighted by Gasteiger charge is 2.14. The summed E-state index contributed by atoms with van der Waals surface area (Å²) in [6.07, 6.45) is 7.25. The summed E-state index contributed by atoms with van der Waals surface area (Å²) in [5.74, 6) is -0.195. The van der Waals surface area contributed by atoms with Gasteiger partial charge in [0.2, 0.25) is 0 Å².